The minimum absolute atomic E-state index is 0.764. The Hall–Kier alpha value is -0.300. The summed E-state index contributed by atoms with van der Waals surface area (Å²) in [4.78, 5) is 0. The van der Waals surface area contributed by atoms with E-state index in [0.29, 0.717) is 0 Å². The Morgan fingerprint density at radius 2 is 1.78 bits per heavy atom. The molecule has 0 aromatic rings. The standard InChI is InChI=1S/C8H15N/c1-9-8-6-4-2-3-5-7-8/h2-3,8-9H,4-7H2,1H3. The Morgan fingerprint density at radius 3 is 2.22 bits per heavy atom. The number of rotatable bonds is 1. The molecular formula is C8H15N. The van der Waals surface area contributed by atoms with Crippen molar-refractivity contribution in [3.63, 3.8) is 0 Å². The molecule has 1 nitrogen and oxygen atoms in total. The van der Waals surface area contributed by atoms with Gasteiger partial charge in [0.2, 0.25) is 0 Å². The molecule has 1 N–H and O–H groups in total. The summed E-state index contributed by atoms with van der Waals surface area (Å²) in [6.45, 7) is 0. The monoisotopic (exact) mass is 125 g/mol. The molecule has 1 rings (SSSR count). The molecule has 0 aliphatic heterocycles. The van der Waals surface area contributed by atoms with Crippen LogP contribution >= 0.6 is 0 Å². The zero-order valence-electron chi connectivity index (χ0n) is 6.06. The lowest BCUT2D eigenvalue weighted by Gasteiger charge is -2.10. The molecule has 0 aromatic heterocycles. The van der Waals surface area contributed by atoms with Gasteiger partial charge in [-0.15, -0.1) is 0 Å². The van der Waals surface area contributed by atoms with Crippen LogP contribution in [0.1, 0.15) is 25.7 Å². The second-order valence-corrected chi connectivity index (χ2v) is 2.61. The smallest absolute Gasteiger partial charge is 0.00699 e. The third-order valence-corrected chi connectivity index (χ3v) is 1.94. The molecule has 0 spiro atoms. The van der Waals surface area contributed by atoms with Crippen LogP contribution in [-0.2, 0) is 0 Å². The molecule has 0 saturated carbocycles. The Kier molecular flexibility index (Phi) is 2.78. The number of hydrogen-bond acceptors (Lipinski definition) is 1. The molecule has 9 heavy (non-hydrogen) atoms. The van der Waals surface area contributed by atoms with Gasteiger partial charge in [0.15, 0.2) is 0 Å². The molecular weight excluding hydrogens is 110 g/mol. The maximum Gasteiger partial charge on any atom is 0.00699 e. The number of allylic oxidation sites excluding steroid dienone is 2. The number of hydrogen-bond donors (Lipinski definition) is 1. The van der Waals surface area contributed by atoms with Crippen molar-refractivity contribution in [2.24, 2.45) is 0 Å². The van der Waals surface area contributed by atoms with Gasteiger partial charge in [0.1, 0.15) is 0 Å². The van der Waals surface area contributed by atoms with Crippen molar-refractivity contribution in [1.82, 2.24) is 5.32 Å². The van der Waals surface area contributed by atoms with Crippen molar-refractivity contribution in [2.75, 3.05) is 7.05 Å². The van der Waals surface area contributed by atoms with Gasteiger partial charge >= 0.3 is 0 Å². The number of nitrogens with one attached hydrogen (secondary N) is 1. The van der Waals surface area contributed by atoms with Crippen molar-refractivity contribution < 1.29 is 0 Å². The molecule has 0 heterocycles. The van der Waals surface area contributed by atoms with Gasteiger partial charge < -0.3 is 5.32 Å². The summed E-state index contributed by atoms with van der Waals surface area (Å²) in [5.41, 5.74) is 0. The highest BCUT2D eigenvalue weighted by Gasteiger charge is 2.04. The normalized spacial score (nSPS) is 21.9. The van der Waals surface area contributed by atoms with E-state index in [1.54, 1.807) is 0 Å². The minimum atomic E-state index is 0.764. The average Bonchev–Trinajstić information content (AvgIpc) is 2.13. The molecule has 0 fully saturated rings. The fourth-order valence-corrected chi connectivity index (χ4v) is 1.26. The van der Waals surface area contributed by atoms with Crippen molar-refractivity contribution in [2.45, 2.75) is 31.7 Å². The van der Waals surface area contributed by atoms with Gasteiger partial charge in [-0.1, -0.05) is 12.2 Å². The average molecular weight is 125 g/mol. The molecule has 0 unspecified atom stereocenters. The summed E-state index contributed by atoms with van der Waals surface area (Å²) in [5, 5.41) is 3.30. The summed E-state index contributed by atoms with van der Waals surface area (Å²) in [6.07, 6.45) is 9.71. The van der Waals surface area contributed by atoms with Crippen molar-refractivity contribution >= 4 is 0 Å². The highest BCUT2D eigenvalue weighted by Crippen LogP contribution is 2.10. The van der Waals surface area contributed by atoms with Crippen molar-refractivity contribution in [1.29, 1.82) is 0 Å². The summed E-state index contributed by atoms with van der Waals surface area (Å²) in [6, 6.07) is 0.764. The van der Waals surface area contributed by atoms with Crippen LogP contribution in [0.4, 0.5) is 0 Å². The van der Waals surface area contributed by atoms with E-state index in [9.17, 15) is 0 Å². The van der Waals surface area contributed by atoms with E-state index in [4.69, 9.17) is 0 Å². The van der Waals surface area contributed by atoms with Crippen LogP contribution in [0.2, 0.25) is 0 Å². The first kappa shape index (κ1) is 6.81. The zero-order chi connectivity index (χ0) is 6.53. The summed E-state index contributed by atoms with van der Waals surface area (Å²) in [7, 11) is 2.05. The minimum Gasteiger partial charge on any atom is -0.317 e. The first-order valence-electron chi connectivity index (χ1n) is 3.76. The van der Waals surface area contributed by atoms with Gasteiger partial charge in [0.25, 0.3) is 0 Å². The Balaban J connectivity index is 2.26. The SMILES string of the molecule is CNC1CCC=CCC1. The molecule has 0 amide bonds. The molecule has 0 atom stereocenters. The van der Waals surface area contributed by atoms with Crippen LogP contribution in [0.3, 0.4) is 0 Å². The summed E-state index contributed by atoms with van der Waals surface area (Å²) in [5.74, 6) is 0. The molecule has 1 aliphatic carbocycles. The zero-order valence-corrected chi connectivity index (χ0v) is 6.06. The van der Waals surface area contributed by atoms with Crippen LogP contribution in [0.5, 0.6) is 0 Å². The van der Waals surface area contributed by atoms with Gasteiger partial charge in [0, 0.05) is 6.04 Å². The first-order valence-corrected chi connectivity index (χ1v) is 3.76. The fourth-order valence-electron chi connectivity index (χ4n) is 1.26. The quantitative estimate of drug-likeness (QED) is 0.526. The van der Waals surface area contributed by atoms with Gasteiger partial charge in [-0.05, 0) is 32.7 Å². The van der Waals surface area contributed by atoms with E-state index < -0.39 is 0 Å². The summed E-state index contributed by atoms with van der Waals surface area (Å²) >= 11 is 0. The topological polar surface area (TPSA) is 12.0 Å². The van der Waals surface area contributed by atoms with Crippen LogP contribution in [0, 0.1) is 0 Å². The molecule has 0 saturated heterocycles. The first-order chi connectivity index (χ1) is 4.43. The summed E-state index contributed by atoms with van der Waals surface area (Å²) < 4.78 is 0. The highest BCUT2D eigenvalue weighted by molar-refractivity contribution is 4.88. The Labute approximate surface area is 57.1 Å². The van der Waals surface area contributed by atoms with E-state index in [2.05, 4.69) is 24.5 Å². The predicted molar refractivity (Wildman–Crippen MR) is 40.5 cm³/mol. The molecule has 1 heteroatoms. The maximum absolute atomic E-state index is 3.30. The van der Waals surface area contributed by atoms with E-state index in [1.807, 2.05) is 0 Å². The third kappa shape index (κ3) is 2.19. The maximum atomic E-state index is 3.30. The predicted octanol–water partition coefficient (Wildman–Crippen LogP) is 1.70. The van der Waals surface area contributed by atoms with Gasteiger partial charge in [-0.2, -0.15) is 0 Å². The lowest BCUT2D eigenvalue weighted by molar-refractivity contribution is 0.506. The molecule has 0 aromatic carbocycles. The fraction of sp³-hybridized carbons (Fsp3) is 0.750. The van der Waals surface area contributed by atoms with E-state index in [-0.39, 0.29) is 0 Å². The van der Waals surface area contributed by atoms with E-state index >= 15 is 0 Å². The third-order valence-electron chi connectivity index (χ3n) is 1.94. The molecule has 52 valence electrons. The molecule has 0 radical (unpaired) electrons. The molecule has 0 bridgehead atoms. The van der Waals surface area contributed by atoms with Gasteiger partial charge in [0.05, 0.1) is 0 Å². The van der Waals surface area contributed by atoms with E-state index in [1.165, 1.54) is 25.7 Å². The van der Waals surface area contributed by atoms with Crippen LogP contribution in [0.15, 0.2) is 12.2 Å². The van der Waals surface area contributed by atoms with Gasteiger partial charge in [-0.25, -0.2) is 0 Å². The molecule has 1 aliphatic rings. The van der Waals surface area contributed by atoms with Gasteiger partial charge in [-0.3, -0.25) is 0 Å². The highest BCUT2D eigenvalue weighted by atomic mass is 14.9. The second kappa shape index (κ2) is 3.67. The van der Waals surface area contributed by atoms with Crippen molar-refractivity contribution in [3.8, 4) is 0 Å². The Bertz CT molecular complexity index is 86.7. The van der Waals surface area contributed by atoms with E-state index in [0.717, 1.165) is 6.04 Å². The second-order valence-electron chi connectivity index (χ2n) is 2.61. The lowest BCUT2D eigenvalue weighted by atomic mass is 10.1. The van der Waals surface area contributed by atoms with Crippen molar-refractivity contribution in [3.05, 3.63) is 12.2 Å². The van der Waals surface area contributed by atoms with Crippen LogP contribution in [0.25, 0.3) is 0 Å². The van der Waals surface area contributed by atoms with Crippen LogP contribution in [-0.4, -0.2) is 13.1 Å². The largest absolute Gasteiger partial charge is 0.317 e. The van der Waals surface area contributed by atoms with Crippen LogP contribution < -0.4 is 5.32 Å². The Morgan fingerprint density at radius 1 is 1.22 bits per heavy atom. The lowest BCUT2D eigenvalue weighted by Crippen LogP contribution is -2.23.